The zero-order chi connectivity index (χ0) is 13.8. The van der Waals surface area contributed by atoms with Gasteiger partial charge in [0.15, 0.2) is 0 Å². The second kappa shape index (κ2) is 6.50. The maximum absolute atomic E-state index is 12.3. The first kappa shape index (κ1) is 14.5. The van der Waals surface area contributed by atoms with Gasteiger partial charge in [0.2, 0.25) is 5.91 Å². The highest BCUT2D eigenvalue weighted by molar-refractivity contribution is 9.10. The van der Waals surface area contributed by atoms with Crippen LogP contribution in [0.5, 0.6) is 0 Å². The largest absolute Gasteiger partial charge is 0.379 e. The van der Waals surface area contributed by atoms with E-state index in [1.807, 2.05) is 38.2 Å². The average Bonchev–Trinajstić information content (AvgIpc) is 2.87. The van der Waals surface area contributed by atoms with Crippen molar-refractivity contribution in [2.45, 2.75) is 19.0 Å². The Morgan fingerprint density at radius 2 is 2.16 bits per heavy atom. The molecule has 0 radical (unpaired) electrons. The predicted molar refractivity (Wildman–Crippen MR) is 77.9 cm³/mol. The first-order valence-corrected chi connectivity index (χ1v) is 7.22. The summed E-state index contributed by atoms with van der Waals surface area (Å²) in [6.45, 7) is 3.07. The summed E-state index contributed by atoms with van der Waals surface area (Å²) in [5, 5.41) is 6.18. The third kappa shape index (κ3) is 3.35. The van der Waals surface area contributed by atoms with Gasteiger partial charge in [-0.05, 0) is 25.6 Å². The average molecular weight is 327 g/mol. The maximum Gasteiger partial charge on any atom is 0.227 e. The van der Waals surface area contributed by atoms with E-state index in [1.54, 1.807) is 0 Å². The van der Waals surface area contributed by atoms with Crippen LogP contribution in [0.2, 0.25) is 0 Å². The normalized spacial score (nSPS) is 24.2. The molecule has 4 nitrogen and oxygen atoms in total. The van der Waals surface area contributed by atoms with Crippen LogP contribution >= 0.6 is 15.9 Å². The highest BCUT2D eigenvalue weighted by Gasteiger charge is 2.33. The zero-order valence-electron chi connectivity index (χ0n) is 11.2. The number of carbonyl (C=O) groups excluding carboxylic acids is 1. The Balaban J connectivity index is 2.01. The van der Waals surface area contributed by atoms with Gasteiger partial charge in [0.05, 0.1) is 25.2 Å². The molecule has 1 saturated heterocycles. The highest BCUT2D eigenvalue weighted by atomic mass is 79.9. The molecule has 0 saturated carbocycles. The van der Waals surface area contributed by atoms with Crippen molar-refractivity contribution in [1.82, 2.24) is 10.6 Å². The summed E-state index contributed by atoms with van der Waals surface area (Å²) < 4.78 is 6.37. The quantitative estimate of drug-likeness (QED) is 0.888. The van der Waals surface area contributed by atoms with E-state index in [9.17, 15) is 4.79 Å². The van der Waals surface area contributed by atoms with Gasteiger partial charge >= 0.3 is 0 Å². The number of benzene rings is 1. The van der Waals surface area contributed by atoms with E-state index in [0.717, 1.165) is 10.0 Å². The Bertz CT molecular complexity index is 453. The molecule has 1 amide bonds. The number of likely N-dealkylation sites (N-methyl/N-ethyl adjacent to an activating group) is 1. The zero-order valence-corrected chi connectivity index (χ0v) is 12.7. The highest BCUT2D eigenvalue weighted by Crippen LogP contribution is 2.23. The van der Waals surface area contributed by atoms with E-state index in [-0.39, 0.29) is 23.9 Å². The van der Waals surface area contributed by atoms with Gasteiger partial charge in [0.25, 0.3) is 0 Å². The molecule has 1 aromatic carbocycles. The summed E-state index contributed by atoms with van der Waals surface area (Å²) in [6.07, 6.45) is 0. The van der Waals surface area contributed by atoms with Crippen molar-refractivity contribution >= 4 is 21.8 Å². The van der Waals surface area contributed by atoms with Crippen LogP contribution in [0, 0.1) is 5.92 Å². The Morgan fingerprint density at radius 3 is 2.84 bits per heavy atom. The topological polar surface area (TPSA) is 50.4 Å². The van der Waals surface area contributed by atoms with Crippen molar-refractivity contribution in [2.75, 3.05) is 20.3 Å². The molecule has 2 N–H and O–H groups in total. The SMILES string of the molecule is CNC1COCC1C(=O)NC(C)c1ccccc1Br. The Hall–Kier alpha value is -0.910. The lowest BCUT2D eigenvalue weighted by molar-refractivity contribution is -0.126. The molecule has 0 aromatic heterocycles. The molecule has 0 aliphatic carbocycles. The van der Waals surface area contributed by atoms with E-state index in [4.69, 9.17) is 4.74 Å². The van der Waals surface area contributed by atoms with Gasteiger partial charge in [-0.25, -0.2) is 0 Å². The van der Waals surface area contributed by atoms with Crippen LogP contribution in [-0.4, -0.2) is 32.2 Å². The summed E-state index contributed by atoms with van der Waals surface area (Å²) >= 11 is 3.51. The molecule has 1 aliphatic rings. The molecule has 1 aromatic rings. The molecule has 1 aliphatic heterocycles. The molecule has 0 spiro atoms. The van der Waals surface area contributed by atoms with E-state index in [1.165, 1.54) is 0 Å². The molecule has 1 fully saturated rings. The van der Waals surface area contributed by atoms with Crippen LogP contribution in [0.25, 0.3) is 0 Å². The van der Waals surface area contributed by atoms with Crippen molar-refractivity contribution in [3.05, 3.63) is 34.3 Å². The second-order valence-electron chi connectivity index (χ2n) is 4.79. The Kier molecular flexibility index (Phi) is 4.96. The monoisotopic (exact) mass is 326 g/mol. The summed E-state index contributed by atoms with van der Waals surface area (Å²) in [4.78, 5) is 12.3. The van der Waals surface area contributed by atoms with Crippen LogP contribution in [-0.2, 0) is 9.53 Å². The second-order valence-corrected chi connectivity index (χ2v) is 5.65. The fourth-order valence-electron chi connectivity index (χ4n) is 2.32. The lowest BCUT2D eigenvalue weighted by Gasteiger charge is -2.21. The molecule has 19 heavy (non-hydrogen) atoms. The molecule has 0 bridgehead atoms. The first-order valence-electron chi connectivity index (χ1n) is 6.43. The molecule has 5 heteroatoms. The lowest BCUT2D eigenvalue weighted by Crippen LogP contribution is -2.43. The van der Waals surface area contributed by atoms with E-state index >= 15 is 0 Å². The molecule has 3 unspecified atom stereocenters. The minimum atomic E-state index is -0.116. The number of hydrogen-bond acceptors (Lipinski definition) is 3. The number of ether oxygens (including phenoxy) is 1. The fourth-order valence-corrected chi connectivity index (χ4v) is 2.95. The minimum absolute atomic E-state index is 0.0267. The van der Waals surface area contributed by atoms with Crippen molar-refractivity contribution < 1.29 is 9.53 Å². The summed E-state index contributed by atoms with van der Waals surface area (Å²) in [6, 6.07) is 8.00. The van der Waals surface area contributed by atoms with Crippen LogP contribution in [0.4, 0.5) is 0 Å². The van der Waals surface area contributed by atoms with Gasteiger partial charge in [-0.3, -0.25) is 4.79 Å². The number of hydrogen-bond donors (Lipinski definition) is 2. The van der Waals surface area contributed by atoms with Crippen molar-refractivity contribution in [2.24, 2.45) is 5.92 Å². The van der Waals surface area contributed by atoms with Crippen LogP contribution < -0.4 is 10.6 Å². The number of halogens is 1. The smallest absolute Gasteiger partial charge is 0.227 e. The molecule has 3 atom stereocenters. The van der Waals surface area contributed by atoms with E-state index in [2.05, 4.69) is 26.6 Å². The van der Waals surface area contributed by atoms with Gasteiger partial charge in [0, 0.05) is 10.5 Å². The number of rotatable bonds is 4. The fraction of sp³-hybridized carbons (Fsp3) is 0.500. The third-order valence-electron chi connectivity index (χ3n) is 3.52. The van der Waals surface area contributed by atoms with Gasteiger partial charge < -0.3 is 15.4 Å². The lowest BCUT2D eigenvalue weighted by atomic mass is 10.0. The van der Waals surface area contributed by atoms with Crippen molar-refractivity contribution in [3.8, 4) is 0 Å². The molecule has 2 rings (SSSR count). The summed E-state index contributed by atoms with van der Waals surface area (Å²) in [7, 11) is 1.86. The van der Waals surface area contributed by atoms with Gasteiger partial charge in [0.1, 0.15) is 0 Å². The summed E-state index contributed by atoms with van der Waals surface area (Å²) in [5.41, 5.74) is 1.08. The summed E-state index contributed by atoms with van der Waals surface area (Å²) in [5.74, 6) is -0.0740. The van der Waals surface area contributed by atoms with Gasteiger partial charge in [-0.2, -0.15) is 0 Å². The third-order valence-corrected chi connectivity index (χ3v) is 4.24. The standard InChI is InChI=1S/C14H19BrN2O2/c1-9(10-5-3-4-6-12(10)15)17-14(18)11-7-19-8-13(11)16-2/h3-6,9,11,13,16H,7-8H2,1-2H3,(H,17,18). The van der Waals surface area contributed by atoms with Crippen LogP contribution in [0.15, 0.2) is 28.7 Å². The Morgan fingerprint density at radius 1 is 1.42 bits per heavy atom. The molecule has 104 valence electrons. The van der Waals surface area contributed by atoms with E-state index in [0.29, 0.717) is 13.2 Å². The van der Waals surface area contributed by atoms with Crippen molar-refractivity contribution in [3.63, 3.8) is 0 Å². The number of carbonyl (C=O) groups is 1. The minimum Gasteiger partial charge on any atom is -0.379 e. The van der Waals surface area contributed by atoms with Gasteiger partial charge in [-0.1, -0.05) is 34.1 Å². The first-order chi connectivity index (χ1) is 9.13. The predicted octanol–water partition coefficient (Wildman–Crippen LogP) is 1.86. The van der Waals surface area contributed by atoms with Crippen molar-refractivity contribution in [1.29, 1.82) is 0 Å². The molecular formula is C14H19BrN2O2. The number of nitrogens with one attached hydrogen (secondary N) is 2. The van der Waals surface area contributed by atoms with Crippen LogP contribution in [0.3, 0.4) is 0 Å². The molecular weight excluding hydrogens is 308 g/mol. The van der Waals surface area contributed by atoms with E-state index < -0.39 is 0 Å². The Labute approximate surface area is 122 Å². The van der Waals surface area contributed by atoms with Gasteiger partial charge in [-0.15, -0.1) is 0 Å². The maximum atomic E-state index is 12.3. The molecule has 1 heterocycles. The number of amides is 1. The van der Waals surface area contributed by atoms with Crippen LogP contribution in [0.1, 0.15) is 18.5 Å².